The lowest BCUT2D eigenvalue weighted by Crippen LogP contribution is -2.18. The molecular formula is C9H14N2O2. The van der Waals surface area contributed by atoms with Gasteiger partial charge in [0.1, 0.15) is 6.04 Å². The molecule has 13 heavy (non-hydrogen) atoms. The number of carbonyl (C=O) groups is 1. The molecule has 4 heteroatoms. The van der Waals surface area contributed by atoms with Crippen LogP contribution in [-0.4, -0.2) is 22.9 Å². The Morgan fingerprint density at radius 1 is 1.62 bits per heavy atom. The maximum absolute atomic E-state index is 11.1. The highest BCUT2D eigenvalue weighted by Gasteiger charge is 2.16. The average molecular weight is 182 g/mol. The Morgan fingerprint density at radius 2 is 2.23 bits per heavy atom. The number of carbonyl (C=O) groups excluding carboxylic acids is 1. The van der Waals surface area contributed by atoms with Crippen molar-refractivity contribution in [3.63, 3.8) is 0 Å². The van der Waals surface area contributed by atoms with E-state index in [9.17, 15) is 4.79 Å². The van der Waals surface area contributed by atoms with Crippen molar-refractivity contribution in [2.45, 2.75) is 26.8 Å². The molecule has 1 heterocycles. The monoisotopic (exact) mass is 182 g/mol. The van der Waals surface area contributed by atoms with E-state index in [1.807, 2.05) is 20.0 Å². The fourth-order valence-corrected chi connectivity index (χ4v) is 1.05. The first-order valence-electron chi connectivity index (χ1n) is 4.16. The molecule has 0 aliphatic carbocycles. The normalized spacial score (nSPS) is 12.6. The molecule has 1 aromatic rings. The number of hydrogen-bond acceptors (Lipinski definition) is 3. The Kier molecular flexibility index (Phi) is 2.70. The SMILES string of the molecule is COC(=O)C(C)n1cc(C)c(C)n1. The summed E-state index contributed by atoms with van der Waals surface area (Å²) in [7, 11) is 1.38. The molecule has 0 radical (unpaired) electrons. The zero-order valence-corrected chi connectivity index (χ0v) is 8.37. The highest BCUT2D eigenvalue weighted by atomic mass is 16.5. The second kappa shape index (κ2) is 3.60. The van der Waals surface area contributed by atoms with Crippen LogP contribution in [0.4, 0.5) is 0 Å². The van der Waals surface area contributed by atoms with Gasteiger partial charge in [-0.25, -0.2) is 4.79 Å². The standard InChI is InChI=1S/C9H14N2O2/c1-6-5-11(10-7(6)2)8(3)9(12)13-4/h5,8H,1-4H3. The van der Waals surface area contributed by atoms with Gasteiger partial charge in [-0.05, 0) is 26.3 Å². The molecule has 0 fully saturated rings. The molecule has 0 aliphatic heterocycles. The second-order valence-corrected chi connectivity index (χ2v) is 3.08. The van der Waals surface area contributed by atoms with Gasteiger partial charge < -0.3 is 4.74 Å². The lowest BCUT2D eigenvalue weighted by Gasteiger charge is -2.08. The summed E-state index contributed by atoms with van der Waals surface area (Å²) in [6, 6.07) is -0.350. The van der Waals surface area contributed by atoms with Crippen LogP contribution in [0, 0.1) is 13.8 Å². The number of methoxy groups -OCH3 is 1. The summed E-state index contributed by atoms with van der Waals surface area (Å²) in [5.41, 5.74) is 2.02. The van der Waals surface area contributed by atoms with Crippen LogP contribution in [0.2, 0.25) is 0 Å². The molecule has 0 N–H and O–H groups in total. The van der Waals surface area contributed by atoms with Crippen LogP contribution in [0.15, 0.2) is 6.20 Å². The van der Waals surface area contributed by atoms with Gasteiger partial charge in [0, 0.05) is 6.20 Å². The molecule has 0 bridgehead atoms. The second-order valence-electron chi connectivity index (χ2n) is 3.08. The summed E-state index contributed by atoms with van der Waals surface area (Å²) in [6.07, 6.45) is 1.84. The van der Waals surface area contributed by atoms with Gasteiger partial charge in [-0.1, -0.05) is 0 Å². The minimum atomic E-state index is -0.350. The smallest absolute Gasteiger partial charge is 0.330 e. The molecule has 0 saturated carbocycles. The maximum Gasteiger partial charge on any atom is 0.330 e. The Bertz CT molecular complexity index is 298. The summed E-state index contributed by atoms with van der Waals surface area (Å²) in [4.78, 5) is 11.1. The molecule has 4 nitrogen and oxygen atoms in total. The quantitative estimate of drug-likeness (QED) is 0.646. The molecule has 0 aliphatic rings. The van der Waals surface area contributed by atoms with E-state index in [1.165, 1.54) is 7.11 Å². The van der Waals surface area contributed by atoms with Crippen LogP contribution in [0.1, 0.15) is 24.2 Å². The Balaban J connectivity index is 2.89. The first kappa shape index (κ1) is 9.77. The fraction of sp³-hybridized carbons (Fsp3) is 0.556. The highest BCUT2D eigenvalue weighted by molar-refractivity contribution is 5.73. The number of nitrogens with zero attached hydrogens (tertiary/aromatic N) is 2. The van der Waals surface area contributed by atoms with E-state index in [0.29, 0.717) is 0 Å². The molecule has 0 saturated heterocycles. The van der Waals surface area contributed by atoms with E-state index in [1.54, 1.807) is 11.6 Å². The van der Waals surface area contributed by atoms with Crippen LogP contribution < -0.4 is 0 Å². The number of aromatic nitrogens is 2. The van der Waals surface area contributed by atoms with Gasteiger partial charge in [0.2, 0.25) is 0 Å². The molecule has 0 spiro atoms. The minimum absolute atomic E-state index is 0.275. The maximum atomic E-state index is 11.1. The van der Waals surface area contributed by atoms with Crippen molar-refractivity contribution >= 4 is 5.97 Å². The topological polar surface area (TPSA) is 44.1 Å². The van der Waals surface area contributed by atoms with Gasteiger partial charge in [0.15, 0.2) is 0 Å². The number of esters is 1. The molecule has 1 atom stereocenters. The van der Waals surface area contributed by atoms with Crippen LogP contribution >= 0.6 is 0 Å². The summed E-state index contributed by atoms with van der Waals surface area (Å²) in [5, 5.41) is 4.20. The van der Waals surface area contributed by atoms with E-state index >= 15 is 0 Å². The average Bonchev–Trinajstić information content (AvgIpc) is 2.44. The van der Waals surface area contributed by atoms with Crippen molar-refractivity contribution in [1.29, 1.82) is 0 Å². The van der Waals surface area contributed by atoms with Crippen molar-refractivity contribution in [1.82, 2.24) is 9.78 Å². The third kappa shape index (κ3) is 1.88. The van der Waals surface area contributed by atoms with E-state index in [-0.39, 0.29) is 12.0 Å². The number of rotatable bonds is 2. The first-order chi connectivity index (χ1) is 6.06. The number of aryl methyl sites for hydroxylation is 2. The van der Waals surface area contributed by atoms with Crippen molar-refractivity contribution in [3.8, 4) is 0 Å². The van der Waals surface area contributed by atoms with Gasteiger partial charge >= 0.3 is 5.97 Å². The van der Waals surface area contributed by atoms with Gasteiger partial charge in [-0.2, -0.15) is 5.10 Å². The van der Waals surface area contributed by atoms with Gasteiger partial charge in [0.25, 0.3) is 0 Å². The Morgan fingerprint density at radius 3 is 2.62 bits per heavy atom. The predicted molar refractivity (Wildman–Crippen MR) is 48.4 cm³/mol. The van der Waals surface area contributed by atoms with Crippen molar-refractivity contribution in [2.24, 2.45) is 0 Å². The van der Waals surface area contributed by atoms with Gasteiger partial charge in [0.05, 0.1) is 12.8 Å². The van der Waals surface area contributed by atoms with E-state index < -0.39 is 0 Å². The predicted octanol–water partition coefficient (Wildman–Crippen LogP) is 1.23. The molecule has 0 amide bonds. The van der Waals surface area contributed by atoms with Crippen LogP contribution in [-0.2, 0) is 9.53 Å². The molecular weight excluding hydrogens is 168 g/mol. The molecule has 1 unspecified atom stereocenters. The largest absolute Gasteiger partial charge is 0.467 e. The molecule has 0 aromatic carbocycles. The van der Waals surface area contributed by atoms with E-state index in [0.717, 1.165) is 11.3 Å². The van der Waals surface area contributed by atoms with E-state index in [4.69, 9.17) is 0 Å². The number of hydrogen-bond donors (Lipinski definition) is 0. The van der Waals surface area contributed by atoms with Crippen LogP contribution in [0.3, 0.4) is 0 Å². The summed E-state index contributed by atoms with van der Waals surface area (Å²) in [5.74, 6) is -0.275. The third-order valence-electron chi connectivity index (χ3n) is 2.10. The van der Waals surface area contributed by atoms with Gasteiger partial charge in [-0.3, -0.25) is 4.68 Å². The van der Waals surface area contributed by atoms with Crippen molar-refractivity contribution < 1.29 is 9.53 Å². The fourth-order valence-electron chi connectivity index (χ4n) is 1.05. The van der Waals surface area contributed by atoms with Gasteiger partial charge in [-0.15, -0.1) is 0 Å². The summed E-state index contributed by atoms with van der Waals surface area (Å²) < 4.78 is 6.24. The Labute approximate surface area is 77.5 Å². The third-order valence-corrected chi connectivity index (χ3v) is 2.10. The summed E-state index contributed by atoms with van der Waals surface area (Å²) in [6.45, 7) is 5.64. The zero-order chi connectivity index (χ0) is 10.0. The lowest BCUT2D eigenvalue weighted by molar-refractivity contribution is -0.144. The van der Waals surface area contributed by atoms with Crippen LogP contribution in [0.25, 0.3) is 0 Å². The lowest BCUT2D eigenvalue weighted by atomic mass is 10.3. The molecule has 72 valence electrons. The molecule has 1 rings (SSSR count). The molecule has 1 aromatic heterocycles. The van der Waals surface area contributed by atoms with Crippen molar-refractivity contribution in [3.05, 3.63) is 17.5 Å². The Hall–Kier alpha value is -1.32. The minimum Gasteiger partial charge on any atom is -0.467 e. The van der Waals surface area contributed by atoms with Crippen LogP contribution in [0.5, 0.6) is 0 Å². The first-order valence-corrected chi connectivity index (χ1v) is 4.16. The van der Waals surface area contributed by atoms with Crippen molar-refractivity contribution in [2.75, 3.05) is 7.11 Å². The zero-order valence-electron chi connectivity index (χ0n) is 8.37. The number of ether oxygens (including phenoxy) is 1. The summed E-state index contributed by atoms with van der Waals surface area (Å²) >= 11 is 0. The van der Waals surface area contributed by atoms with E-state index in [2.05, 4.69) is 9.84 Å². The highest BCUT2D eigenvalue weighted by Crippen LogP contribution is 2.10.